The van der Waals surface area contributed by atoms with Crippen LogP contribution in [0.1, 0.15) is 13.3 Å². The van der Waals surface area contributed by atoms with Crippen LogP contribution in [0, 0.1) is 17.8 Å². The second-order valence-corrected chi connectivity index (χ2v) is 4.48. The number of hydrogen-bond donors (Lipinski definition) is 0. The highest BCUT2D eigenvalue weighted by Gasteiger charge is 2.53. The number of carbonyl (C=O) groups is 1. The Morgan fingerprint density at radius 3 is 2.80 bits per heavy atom. The number of ketones is 1. The van der Waals surface area contributed by atoms with Gasteiger partial charge in [-0.15, -0.1) is 0 Å². The summed E-state index contributed by atoms with van der Waals surface area (Å²) in [6, 6.07) is 0. The molecular formula is C8H12OS. The molecule has 1 aliphatic carbocycles. The number of thioether (sulfide) groups is 1. The predicted octanol–water partition coefficient (Wildman–Crippen LogP) is 1.57. The second-order valence-electron chi connectivity index (χ2n) is 3.33. The molecule has 0 radical (unpaired) electrons. The molecule has 1 nitrogen and oxygen atoms in total. The van der Waals surface area contributed by atoms with Crippen LogP contribution in [0.3, 0.4) is 0 Å². The predicted molar refractivity (Wildman–Crippen MR) is 43.1 cm³/mol. The Kier molecular flexibility index (Phi) is 1.52. The fraction of sp³-hybridized carbons (Fsp3) is 0.875. The van der Waals surface area contributed by atoms with Crippen molar-refractivity contribution in [2.24, 2.45) is 17.8 Å². The molecule has 0 bridgehead atoms. The van der Waals surface area contributed by atoms with Gasteiger partial charge in [0.1, 0.15) is 5.78 Å². The van der Waals surface area contributed by atoms with E-state index in [2.05, 4.69) is 0 Å². The average molecular weight is 156 g/mol. The zero-order valence-electron chi connectivity index (χ0n) is 6.17. The first-order chi connectivity index (χ1) is 4.80. The maximum absolute atomic E-state index is 11.0. The van der Waals surface area contributed by atoms with Gasteiger partial charge in [0.25, 0.3) is 0 Å². The monoisotopic (exact) mass is 156 g/mol. The molecule has 0 aromatic carbocycles. The molecule has 0 amide bonds. The van der Waals surface area contributed by atoms with Crippen LogP contribution >= 0.6 is 11.8 Å². The molecule has 0 aromatic rings. The lowest BCUT2D eigenvalue weighted by Crippen LogP contribution is -1.96. The Bertz CT molecular complexity index is 155. The third-order valence-electron chi connectivity index (χ3n) is 2.71. The molecule has 1 heterocycles. The van der Waals surface area contributed by atoms with Gasteiger partial charge in [0.15, 0.2) is 0 Å². The minimum Gasteiger partial charge on any atom is -0.300 e. The van der Waals surface area contributed by atoms with Gasteiger partial charge >= 0.3 is 0 Å². The number of Topliss-reactive ketones (excluding diaryl/α,β-unsaturated/α-hetero) is 1. The summed E-state index contributed by atoms with van der Waals surface area (Å²) in [6.45, 7) is 1.74. The molecule has 0 aromatic heterocycles. The topological polar surface area (TPSA) is 17.1 Å². The van der Waals surface area contributed by atoms with Gasteiger partial charge in [-0.2, -0.15) is 11.8 Å². The summed E-state index contributed by atoms with van der Waals surface area (Å²) in [5.74, 6) is 4.99. The summed E-state index contributed by atoms with van der Waals surface area (Å²) in [5.41, 5.74) is 0. The SMILES string of the molecule is CC(=O)C1C2CCSCC21. The standard InChI is InChI=1S/C8H12OS/c1-5(9)8-6-2-3-10-4-7(6)8/h6-8H,2-4H2,1H3. The summed E-state index contributed by atoms with van der Waals surface area (Å²) in [4.78, 5) is 11.0. The second kappa shape index (κ2) is 2.26. The van der Waals surface area contributed by atoms with Crippen LogP contribution < -0.4 is 0 Å². The smallest absolute Gasteiger partial charge is 0.133 e. The Hall–Kier alpha value is 0.0200. The fourth-order valence-electron chi connectivity index (χ4n) is 2.11. The van der Waals surface area contributed by atoms with Crippen molar-refractivity contribution in [3.05, 3.63) is 0 Å². The van der Waals surface area contributed by atoms with Crippen LogP contribution in [-0.4, -0.2) is 17.3 Å². The van der Waals surface area contributed by atoms with Crippen LogP contribution in [-0.2, 0) is 4.79 Å². The fourth-order valence-corrected chi connectivity index (χ4v) is 3.44. The highest BCUT2D eigenvalue weighted by atomic mass is 32.2. The van der Waals surface area contributed by atoms with Gasteiger partial charge in [-0.05, 0) is 36.7 Å². The first-order valence-electron chi connectivity index (χ1n) is 3.89. The summed E-state index contributed by atoms with van der Waals surface area (Å²) in [6.07, 6.45) is 1.29. The minimum absolute atomic E-state index is 0.428. The molecule has 2 heteroatoms. The van der Waals surface area contributed by atoms with E-state index in [0.717, 1.165) is 11.8 Å². The summed E-state index contributed by atoms with van der Waals surface area (Å²) < 4.78 is 0. The van der Waals surface area contributed by atoms with Gasteiger partial charge in [-0.25, -0.2) is 0 Å². The van der Waals surface area contributed by atoms with Gasteiger partial charge in [0.2, 0.25) is 0 Å². The lowest BCUT2D eigenvalue weighted by molar-refractivity contribution is -0.118. The van der Waals surface area contributed by atoms with Crippen molar-refractivity contribution in [3.63, 3.8) is 0 Å². The third-order valence-corrected chi connectivity index (χ3v) is 3.85. The Morgan fingerprint density at radius 1 is 1.50 bits per heavy atom. The Labute approximate surface area is 65.6 Å². The van der Waals surface area contributed by atoms with E-state index < -0.39 is 0 Å². The Balaban J connectivity index is 1.99. The van der Waals surface area contributed by atoms with E-state index in [4.69, 9.17) is 0 Å². The van der Waals surface area contributed by atoms with E-state index in [-0.39, 0.29) is 0 Å². The average Bonchev–Trinajstić information content (AvgIpc) is 2.60. The van der Waals surface area contributed by atoms with E-state index in [1.807, 2.05) is 11.8 Å². The van der Waals surface area contributed by atoms with E-state index in [1.165, 1.54) is 17.9 Å². The lowest BCUT2D eigenvalue weighted by Gasteiger charge is -2.04. The molecule has 3 atom stereocenters. The van der Waals surface area contributed by atoms with Crippen LogP contribution in [0.4, 0.5) is 0 Å². The van der Waals surface area contributed by atoms with Gasteiger partial charge in [0, 0.05) is 5.92 Å². The zero-order chi connectivity index (χ0) is 7.14. The minimum atomic E-state index is 0.428. The van der Waals surface area contributed by atoms with Crippen molar-refractivity contribution in [1.29, 1.82) is 0 Å². The molecular weight excluding hydrogens is 144 g/mol. The van der Waals surface area contributed by atoms with E-state index in [0.29, 0.717) is 11.7 Å². The van der Waals surface area contributed by atoms with E-state index >= 15 is 0 Å². The van der Waals surface area contributed by atoms with Crippen LogP contribution in [0.2, 0.25) is 0 Å². The van der Waals surface area contributed by atoms with Crippen molar-refractivity contribution < 1.29 is 4.79 Å². The van der Waals surface area contributed by atoms with Crippen molar-refractivity contribution in [1.82, 2.24) is 0 Å². The molecule has 2 aliphatic rings. The first-order valence-corrected chi connectivity index (χ1v) is 5.04. The molecule has 3 unspecified atom stereocenters. The van der Waals surface area contributed by atoms with E-state index in [1.54, 1.807) is 6.92 Å². The number of rotatable bonds is 1. The molecule has 2 fully saturated rings. The molecule has 1 saturated carbocycles. The Morgan fingerprint density at radius 2 is 2.30 bits per heavy atom. The third kappa shape index (κ3) is 0.895. The first kappa shape index (κ1) is 6.71. The molecule has 0 spiro atoms. The zero-order valence-corrected chi connectivity index (χ0v) is 6.99. The van der Waals surface area contributed by atoms with E-state index in [9.17, 15) is 4.79 Å². The van der Waals surface area contributed by atoms with Crippen molar-refractivity contribution >= 4 is 17.5 Å². The number of fused-ring (bicyclic) bond motifs is 1. The number of carbonyl (C=O) groups excluding carboxylic acids is 1. The van der Waals surface area contributed by atoms with Crippen molar-refractivity contribution in [3.8, 4) is 0 Å². The van der Waals surface area contributed by atoms with Gasteiger partial charge in [0.05, 0.1) is 0 Å². The molecule has 2 rings (SSSR count). The molecule has 56 valence electrons. The van der Waals surface area contributed by atoms with Gasteiger partial charge < -0.3 is 0 Å². The molecule has 1 aliphatic heterocycles. The number of hydrogen-bond acceptors (Lipinski definition) is 2. The van der Waals surface area contributed by atoms with Crippen LogP contribution in [0.25, 0.3) is 0 Å². The largest absolute Gasteiger partial charge is 0.300 e. The van der Waals surface area contributed by atoms with Gasteiger partial charge in [-0.3, -0.25) is 4.79 Å². The normalized spacial score (nSPS) is 44.3. The highest BCUT2D eigenvalue weighted by Crippen LogP contribution is 2.54. The molecule has 1 saturated heterocycles. The van der Waals surface area contributed by atoms with Crippen molar-refractivity contribution in [2.45, 2.75) is 13.3 Å². The highest BCUT2D eigenvalue weighted by molar-refractivity contribution is 7.99. The van der Waals surface area contributed by atoms with Crippen LogP contribution in [0.5, 0.6) is 0 Å². The summed E-state index contributed by atoms with van der Waals surface area (Å²) in [7, 11) is 0. The lowest BCUT2D eigenvalue weighted by atomic mass is 10.2. The maximum Gasteiger partial charge on any atom is 0.133 e. The quantitative estimate of drug-likeness (QED) is 0.573. The van der Waals surface area contributed by atoms with Crippen molar-refractivity contribution in [2.75, 3.05) is 11.5 Å². The van der Waals surface area contributed by atoms with Gasteiger partial charge in [-0.1, -0.05) is 0 Å². The molecule has 0 N–H and O–H groups in total. The molecule has 10 heavy (non-hydrogen) atoms. The summed E-state index contributed by atoms with van der Waals surface area (Å²) in [5, 5.41) is 0. The van der Waals surface area contributed by atoms with Crippen LogP contribution in [0.15, 0.2) is 0 Å². The maximum atomic E-state index is 11.0. The summed E-state index contributed by atoms with van der Waals surface area (Å²) >= 11 is 2.01.